The lowest BCUT2D eigenvalue weighted by atomic mass is 9.93. The highest BCUT2D eigenvalue weighted by molar-refractivity contribution is 4.86. The Morgan fingerprint density at radius 3 is 2.94 bits per heavy atom. The zero-order valence-electron chi connectivity index (χ0n) is 11.0. The highest BCUT2D eigenvalue weighted by Crippen LogP contribution is 2.22. The Morgan fingerprint density at radius 1 is 1.44 bits per heavy atom. The minimum atomic E-state index is 0.378. The average molecular weight is 226 g/mol. The summed E-state index contributed by atoms with van der Waals surface area (Å²) in [5.41, 5.74) is 0.378. The van der Waals surface area contributed by atoms with Crippen LogP contribution in [-0.2, 0) is 4.74 Å². The zero-order chi connectivity index (χ0) is 11.6. The Morgan fingerprint density at radius 2 is 2.25 bits per heavy atom. The first-order valence-corrected chi connectivity index (χ1v) is 6.63. The Hall–Kier alpha value is -0.120. The predicted octanol–water partition coefficient (Wildman–Crippen LogP) is 1.49. The van der Waals surface area contributed by atoms with Crippen molar-refractivity contribution in [1.82, 2.24) is 10.2 Å². The molecule has 0 aromatic carbocycles. The lowest BCUT2D eigenvalue weighted by Gasteiger charge is -2.33. The van der Waals surface area contributed by atoms with E-state index in [2.05, 4.69) is 31.0 Å². The molecule has 3 heteroatoms. The van der Waals surface area contributed by atoms with E-state index in [1.54, 1.807) is 0 Å². The molecule has 0 saturated carbocycles. The molecule has 2 unspecified atom stereocenters. The minimum absolute atomic E-state index is 0.378. The van der Waals surface area contributed by atoms with Crippen LogP contribution in [0.3, 0.4) is 0 Å². The van der Waals surface area contributed by atoms with Gasteiger partial charge in [-0.05, 0) is 25.2 Å². The largest absolute Gasteiger partial charge is 0.377 e. The molecule has 0 aromatic heterocycles. The van der Waals surface area contributed by atoms with Crippen molar-refractivity contribution in [3.05, 3.63) is 0 Å². The fourth-order valence-corrected chi connectivity index (χ4v) is 2.80. The number of nitrogens with one attached hydrogen (secondary N) is 1. The summed E-state index contributed by atoms with van der Waals surface area (Å²) in [7, 11) is 0. The summed E-state index contributed by atoms with van der Waals surface area (Å²) >= 11 is 0. The molecule has 0 aromatic rings. The van der Waals surface area contributed by atoms with Crippen LogP contribution in [0.15, 0.2) is 0 Å². The van der Waals surface area contributed by atoms with Gasteiger partial charge in [-0.3, -0.25) is 4.90 Å². The molecule has 0 bridgehead atoms. The predicted molar refractivity (Wildman–Crippen MR) is 66.7 cm³/mol. The van der Waals surface area contributed by atoms with Gasteiger partial charge in [-0.15, -0.1) is 0 Å². The van der Waals surface area contributed by atoms with Gasteiger partial charge in [-0.2, -0.15) is 0 Å². The summed E-state index contributed by atoms with van der Waals surface area (Å²) in [4.78, 5) is 2.61. The van der Waals surface area contributed by atoms with Crippen LogP contribution < -0.4 is 5.32 Å². The van der Waals surface area contributed by atoms with E-state index < -0.39 is 0 Å². The molecule has 94 valence electrons. The average Bonchev–Trinajstić information content (AvgIpc) is 2.64. The second-order valence-corrected chi connectivity index (χ2v) is 6.21. The lowest BCUT2D eigenvalue weighted by Crippen LogP contribution is -2.43. The van der Waals surface area contributed by atoms with Gasteiger partial charge in [0.25, 0.3) is 0 Å². The van der Waals surface area contributed by atoms with E-state index in [1.807, 2.05) is 0 Å². The van der Waals surface area contributed by atoms with Gasteiger partial charge in [-0.1, -0.05) is 13.8 Å². The Balaban J connectivity index is 1.93. The van der Waals surface area contributed by atoms with Crippen LogP contribution in [0, 0.1) is 5.41 Å². The van der Waals surface area contributed by atoms with E-state index >= 15 is 0 Å². The van der Waals surface area contributed by atoms with E-state index in [9.17, 15) is 0 Å². The van der Waals surface area contributed by atoms with Crippen LogP contribution in [0.2, 0.25) is 0 Å². The topological polar surface area (TPSA) is 24.5 Å². The Kier molecular flexibility index (Phi) is 3.88. The molecule has 2 aliphatic rings. The van der Waals surface area contributed by atoms with E-state index in [0.717, 1.165) is 26.2 Å². The second-order valence-electron chi connectivity index (χ2n) is 6.21. The van der Waals surface area contributed by atoms with Crippen LogP contribution in [0.5, 0.6) is 0 Å². The molecule has 2 saturated heterocycles. The van der Waals surface area contributed by atoms with Crippen molar-refractivity contribution >= 4 is 0 Å². The first kappa shape index (κ1) is 12.3. The fraction of sp³-hybridized carbons (Fsp3) is 1.00. The molecule has 1 N–H and O–H groups in total. The van der Waals surface area contributed by atoms with Crippen LogP contribution in [0.25, 0.3) is 0 Å². The maximum Gasteiger partial charge on any atom is 0.0702 e. The van der Waals surface area contributed by atoms with E-state index in [1.165, 1.54) is 19.4 Å². The second kappa shape index (κ2) is 5.03. The summed E-state index contributed by atoms with van der Waals surface area (Å²) in [6.45, 7) is 12.5. The van der Waals surface area contributed by atoms with Gasteiger partial charge < -0.3 is 10.1 Å². The molecular formula is C13H26N2O. The van der Waals surface area contributed by atoms with Crippen molar-refractivity contribution in [3.8, 4) is 0 Å². The number of hydrogen-bond acceptors (Lipinski definition) is 3. The van der Waals surface area contributed by atoms with Crippen molar-refractivity contribution in [2.75, 3.05) is 32.8 Å². The first-order valence-electron chi connectivity index (χ1n) is 6.63. The Bertz CT molecular complexity index is 224. The zero-order valence-corrected chi connectivity index (χ0v) is 11.0. The van der Waals surface area contributed by atoms with Crippen molar-refractivity contribution in [2.24, 2.45) is 5.41 Å². The molecular weight excluding hydrogens is 200 g/mol. The summed E-state index contributed by atoms with van der Waals surface area (Å²) in [5.74, 6) is 0. The molecule has 3 nitrogen and oxygen atoms in total. The van der Waals surface area contributed by atoms with E-state index in [0.29, 0.717) is 17.6 Å². The molecule has 0 spiro atoms. The van der Waals surface area contributed by atoms with Crippen LogP contribution in [-0.4, -0.2) is 49.8 Å². The van der Waals surface area contributed by atoms with Gasteiger partial charge >= 0.3 is 0 Å². The minimum Gasteiger partial charge on any atom is -0.377 e. The molecule has 2 fully saturated rings. The number of ether oxygens (including phenoxy) is 1. The number of nitrogens with zero attached hydrogens (tertiary/aromatic N) is 1. The van der Waals surface area contributed by atoms with Crippen LogP contribution >= 0.6 is 0 Å². The normalized spacial score (nSPS) is 36.2. The fourth-order valence-electron chi connectivity index (χ4n) is 2.80. The molecule has 2 heterocycles. The molecule has 0 amide bonds. The van der Waals surface area contributed by atoms with Crippen molar-refractivity contribution in [1.29, 1.82) is 0 Å². The smallest absolute Gasteiger partial charge is 0.0702 e. The summed E-state index contributed by atoms with van der Waals surface area (Å²) in [6.07, 6.45) is 2.97. The van der Waals surface area contributed by atoms with Gasteiger partial charge in [0, 0.05) is 38.8 Å². The number of hydrogen-bond donors (Lipinski definition) is 1. The van der Waals surface area contributed by atoms with Gasteiger partial charge in [0.15, 0.2) is 0 Å². The van der Waals surface area contributed by atoms with E-state index in [4.69, 9.17) is 4.74 Å². The summed E-state index contributed by atoms with van der Waals surface area (Å²) in [5, 5.41) is 3.56. The third kappa shape index (κ3) is 3.19. The van der Waals surface area contributed by atoms with Crippen molar-refractivity contribution in [2.45, 2.75) is 45.8 Å². The molecule has 16 heavy (non-hydrogen) atoms. The standard InChI is InChI=1S/C13H26N2O/c1-11-7-14-9-13(2,3)10-15(11)8-12-5-4-6-16-12/h11-12,14H,4-10H2,1-3H3. The maximum absolute atomic E-state index is 5.75. The third-order valence-electron chi connectivity index (χ3n) is 3.76. The van der Waals surface area contributed by atoms with E-state index in [-0.39, 0.29) is 0 Å². The highest BCUT2D eigenvalue weighted by atomic mass is 16.5. The number of rotatable bonds is 2. The van der Waals surface area contributed by atoms with Crippen LogP contribution in [0.4, 0.5) is 0 Å². The third-order valence-corrected chi connectivity index (χ3v) is 3.76. The van der Waals surface area contributed by atoms with Gasteiger partial charge in [-0.25, -0.2) is 0 Å². The maximum atomic E-state index is 5.75. The monoisotopic (exact) mass is 226 g/mol. The molecule has 2 rings (SSSR count). The van der Waals surface area contributed by atoms with Crippen molar-refractivity contribution < 1.29 is 4.74 Å². The Labute approximate surface area is 99.5 Å². The lowest BCUT2D eigenvalue weighted by molar-refractivity contribution is 0.0513. The highest BCUT2D eigenvalue weighted by Gasteiger charge is 2.30. The molecule has 0 radical (unpaired) electrons. The molecule has 2 atom stereocenters. The van der Waals surface area contributed by atoms with Gasteiger partial charge in [0.1, 0.15) is 0 Å². The summed E-state index contributed by atoms with van der Waals surface area (Å²) in [6, 6.07) is 0.631. The summed E-state index contributed by atoms with van der Waals surface area (Å²) < 4.78 is 5.75. The van der Waals surface area contributed by atoms with Crippen LogP contribution in [0.1, 0.15) is 33.6 Å². The van der Waals surface area contributed by atoms with Gasteiger partial charge in [0.05, 0.1) is 6.10 Å². The van der Waals surface area contributed by atoms with Gasteiger partial charge in [0.2, 0.25) is 0 Å². The molecule has 2 aliphatic heterocycles. The first-order chi connectivity index (χ1) is 7.57. The quantitative estimate of drug-likeness (QED) is 0.772. The van der Waals surface area contributed by atoms with Crippen molar-refractivity contribution in [3.63, 3.8) is 0 Å². The SMILES string of the molecule is CC1CNCC(C)(C)CN1CC1CCCO1. The molecule has 0 aliphatic carbocycles.